The van der Waals surface area contributed by atoms with Gasteiger partial charge in [-0.25, -0.2) is 0 Å². The number of carbonyl (C=O) groups excluding carboxylic acids is 1. The van der Waals surface area contributed by atoms with Crippen molar-refractivity contribution in [2.75, 3.05) is 12.4 Å². The van der Waals surface area contributed by atoms with Crippen LogP contribution in [0.25, 0.3) is 0 Å². The van der Waals surface area contributed by atoms with E-state index in [0.717, 1.165) is 21.3 Å². The van der Waals surface area contributed by atoms with Crippen molar-refractivity contribution in [2.24, 2.45) is 0 Å². The molecule has 1 N–H and O–H groups in total. The third-order valence-corrected chi connectivity index (χ3v) is 3.75. The summed E-state index contributed by atoms with van der Waals surface area (Å²) in [4.78, 5) is 12.4. The molecule has 0 bridgehead atoms. The second-order valence-corrected chi connectivity index (χ2v) is 5.47. The molecule has 0 fully saturated rings. The van der Waals surface area contributed by atoms with Gasteiger partial charge in [0.1, 0.15) is 5.75 Å². The normalized spacial score (nSPS) is 10.2. The second-order valence-electron chi connectivity index (χ2n) is 4.62. The van der Waals surface area contributed by atoms with Gasteiger partial charge in [-0.05, 0) is 65.2 Å². The maximum atomic E-state index is 12.4. The van der Waals surface area contributed by atoms with E-state index < -0.39 is 0 Å². The summed E-state index contributed by atoms with van der Waals surface area (Å²) in [6.07, 6.45) is 0. The fraction of sp³-hybridized carbons (Fsp3) is 0.188. The minimum absolute atomic E-state index is 0.163. The van der Waals surface area contributed by atoms with Crippen LogP contribution in [-0.2, 0) is 0 Å². The van der Waals surface area contributed by atoms with Crippen LogP contribution < -0.4 is 10.1 Å². The van der Waals surface area contributed by atoms with Crippen LogP contribution in [0, 0.1) is 13.8 Å². The molecule has 0 radical (unpaired) electrons. The molecular formula is C16H16BrNO2. The number of ether oxygens (including phenoxy) is 1. The molecular weight excluding hydrogens is 318 g/mol. The van der Waals surface area contributed by atoms with Gasteiger partial charge < -0.3 is 10.1 Å². The molecule has 2 aromatic rings. The summed E-state index contributed by atoms with van der Waals surface area (Å²) in [5.41, 5.74) is 3.51. The van der Waals surface area contributed by atoms with Gasteiger partial charge in [-0.15, -0.1) is 0 Å². The van der Waals surface area contributed by atoms with Gasteiger partial charge in [-0.1, -0.05) is 12.1 Å². The monoisotopic (exact) mass is 333 g/mol. The largest absolute Gasteiger partial charge is 0.497 e. The first kappa shape index (κ1) is 14.6. The molecule has 2 rings (SSSR count). The topological polar surface area (TPSA) is 38.3 Å². The van der Waals surface area contributed by atoms with E-state index >= 15 is 0 Å². The summed E-state index contributed by atoms with van der Waals surface area (Å²) in [7, 11) is 1.58. The minimum Gasteiger partial charge on any atom is -0.497 e. The fourth-order valence-corrected chi connectivity index (χ4v) is 2.29. The molecule has 2 aromatic carbocycles. The van der Waals surface area contributed by atoms with Crippen LogP contribution in [-0.4, -0.2) is 13.0 Å². The summed E-state index contributed by atoms with van der Waals surface area (Å²) < 4.78 is 5.89. The Balaban J connectivity index is 2.30. The standard InChI is InChI=1S/C16H16BrNO2/c1-10-4-5-11(2)15(8-10)18-16(19)13-9-12(20-3)6-7-14(13)17/h4-9H,1-3H3,(H,18,19). The summed E-state index contributed by atoms with van der Waals surface area (Å²) in [6, 6.07) is 11.3. The summed E-state index contributed by atoms with van der Waals surface area (Å²) in [6.45, 7) is 3.96. The third-order valence-electron chi connectivity index (χ3n) is 3.06. The van der Waals surface area contributed by atoms with Crippen LogP contribution >= 0.6 is 15.9 Å². The van der Waals surface area contributed by atoms with E-state index in [1.165, 1.54) is 0 Å². The SMILES string of the molecule is COc1ccc(Br)c(C(=O)Nc2cc(C)ccc2C)c1. The van der Waals surface area contributed by atoms with Crippen molar-refractivity contribution in [3.05, 3.63) is 57.6 Å². The average Bonchev–Trinajstić information content (AvgIpc) is 2.43. The quantitative estimate of drug-likeness (QED) is 0.907. The van der Waals surface area contributed by atoms with Crippen molar-refractivity contribution >= 4 is 27.5 Å². The van der Waals surface area contributed by atoms with E-state index in [1.54, 1.807) is 25.3 Å². The Hall–Kier alpha value is -1.81. The van der Waals surface area contributed by atoms with Gasteiger partial charge >= 0.3 is 0 Å². The third kappa shape index (κ3) is 3.20. The first-order valence-electron chi connectivity index (χ1n) is 6.23. The Morgan fingerprint density at radius 2 is 1.90 bits per heavy atom. The number of anilines is 1. The number of nitrogens with one attached hydrogen (secondary N) is 1. The van der Waals surface area contributed by atoms with Crippen molar-refractivity contribution in [1.82, 2.24) is 0 Å². The highest BCUT2D eigenvalue weighted by molar-refractivity contribution is 9.10. The number of hydrogen-bond acceptors (Lipinski definition) is 2. The molecule has 3 nitrogen and oxygen atoms in total. The van der Waals surface area contributed by atoms with Crippen LogP contribution in [0.5, 0.6) is 5.75 Å². The molecule has 0 unspecified atom stereocenters. The molecule has 0 aliphatic carbocycles. The lowest BCUT2D eigenvalue weighted by Crippen LogP contribution is -2.13. The van der Waals surface area contributed by atoms with Crippen LogP contribution in [0.1, 0.15) is 21.5 Å². The van der Waals surface area contributed by atoms with Gasteiger partial charge in [0.25, 0.3) is 5.91 Å². The van der Waals surface area contributed by atoms with Crippen molar-refractivity contribution < 1.29 is 9.53 Å². The molecule has 0 aliphatic rings. The molecule has 0 aromatic heterocycles. The molecule has 0 saturated heterocycles. The molecule has 20 heavy (non-hydrogen) atoms. The Morgan fingerprint density at radius 3 is 2.60 bits per heavy atom. The van der Waals surface area contributed by atoms with Crippen molar-refractivity contribution in [3.8, 4) is 5.75 Å². The number of benzene rings is 2. The maximum absolute atomic E-state index is 12.4. The number of hydrogen-bond donors (Lipinski definition) is 1. The maximum Gasteiger partial charge on any atom is 0.256 e. The first-order valence-corrected chi connectivity index (χ1v) is 7.02. The van der Waals surface area contributed by atoms with Crippen molar-refractivity contribution in [3.63, 3.8) is 0 Å². The molecule has 104 valence electrons. The summed E-state index contributed by atoms with van der Waals surface area (Å²) in [5, 5.41) is 2.93. The van der Waals surface area contributed by atoms with Crippen molar-refractivity contribution in [2.45, 2.75) is 13.8 Å². The zero-order chi connectivity index (χ0) is 14.7. The number of methoxy groups -OCH3 is 1. The summed E-state index contributed by atoms with van der Waals surface area (Å²) >= 11 is 3.39. The molecule has 0 saturated carbocycles. The van der Waals surface area contributed by atoms with E-state index in [-0.39, 0.29) is 5.91 Å². The smallest absolute Gasteiger partial charge is 0.256 e. The Kier molecular flexibility index (Phi) is 4.45. The Morgan fingerprint density at radius 1 is 1.15 bits per heavy atom. The van der Waals surface area contributed by atoms with Gasteiger partial charge in [0.2, 0.25) is 0 Å². The van der Waals surface area contributed by atoms with Crippen LogP contribution in [0.2, 0.25) is 0 Å². The predicted octanol–water partition coefficient (Wildman–Crippen LogP) is 4.33. The lowest BCUT2D eigenvalue weighted by molar-refractivity contribution is 0.102. The van der Waals surface area contributed by atoms with Crippen molar-refractivity contribution in [1.29, 1.82) is 0 Å². The van der Waals surface area contributed by atoms with E-state index in [0.29, 0.717) is 11.3 Å². The first-order chi connectivity index (χ1) is 9.51. The number of halogens is 1. The molecule has 0 aliphatic heterocycles. The molecule has 4 heteroatoms. The van der Waals surface area contributed by atoms with Crippen LogP contribution in [0.15, 0.2) is 40.9 Å². The van der Waals surface area contributed by atoms with E-state index in [2.05, 4.69) is 21.2 Å². The van der Waals surface area contributed by atoms with Crippen LogP contribution in [0.4, 0.5) is 5.69 Å². The second kappa shape index (κ2) is 6.09. The van der Waals surface area contributed by atoms with Gasteiger partial charge in [0.05, 0.1) is 12.7 Å². The molecule has 0 spiro atoms. The summed E-state index contributed by atoms with van der Waals surface area (Å²) in [5.74, 6) is 0.490. The number of rotatable bonds is 3. The number of carbonyl (C=O) groups is 1. The highest BCUT2D eigenvalue weighted by Gasteiger charge is 2.12. The minimum atomic E-state index is -0.163. The Labute approximate surface area is 127 Å². The number of amides is 1. The molecule has 1 amide bonds. The average molecular weight is 334 g/mol. The van der Waals surface area contributed by atoms with Crippen LogP contribution in [0.3, 0.4) is 0 Å². The van der Waals surface area contributed by atoms with Gasteiger partial charge in [0, 0.05) is 10.2 Å². The van der Waals surface area contributed by atoms with Gasteiger partial charge in [0.15, 0.2) is 0 Å². The van der Waals surface area contributed by atoms with Gasteiger partial charge in [-0.3, -0.25) is 4.79 Å². The highest BCUT2D eigenvalue weighted by atomic mass is 79.9. The predicted molar refractivity (Wildman–Crippen MR) is 84.6 cm³/mol. The molecule has 0 atom stereocenters. The fourth-order valence-electron chi connectivity index (χ4n) is 1.87. The van der Waals surface area contributed by atoms with E-state index in [4.69, 9.17) is 4.74 Å². The molecule has 0 heterocycles. The number of aryl methyl sites for hydroxylation is 2. The highest BCUT2D eigenvalue weighted by Crippen LogP contribution is 2.24. The Bertz CT molecular complexity index is 653. The zero-order valence-electron chi connectivity index (χ0n) is 11.7. The van der Waals surface area contributed by atoms with E-state index in [1.807, 2.05) is 32.0 Å². The zero-order valence-corrected chi connectivity index (χ0v) is 13.2. The lowest BCUT2D eigenvalue weighted by Gasteiger charge is -2.11. The lowest BCUT2D eigenvalue weighted by atomic mass is 10.1. The van der Waals surface area contributed by atoms with Gasteiger partial charge in [-0.2, -0.15) is 0 Å². The van der Waals surface area contributed by atoms with E-state index in [9.17, 15) is 4.79 Å².